The van der Waals surface area contributed by atoms with Crippen LogP contribution < -0.4 is 0 Å². The highest BCUT2D eigenvalue weighted by atomic mass is 35.5. The average Bonchev–Trinajstić information content (AvgIpc) is 2.68. The fourth-order valence-electron chi connectivity index (χ4n) is 1.51. The van der Waals surface area contributed by atoms with Crippen molar-refractivity contribution in [3.63, 3.8) is 0 Å². The second kappa shape index (κ2) is 5.17. The molecule has 1 unspecified atom stereocenters. The molecule has 0 aliphatic heterocycles. The number of aromatic nitrogens is 1. The van der Waals surface area contributed by atoms with Crippen molar-refractivity contribution in [2.45, 2.75) is 12.8 Å². The highest BCUT2D eigenvalue weighted by Crippen LogP contribution is 2.34. The number of rotatable bonds is 3. The summed E-state index contributed by atoms with van der Waals surface area (Å²) in [5, 5.41) is 0. The molecule has 0 aliphatic carbocycles. The number of hydrogen-bond donors (Lipinski definition) is 0. The van der Waals surface area contributed by atoms with Crippen molar-refractivity contribution in [2.75, 3.05) is 0 Å². The number of thiophene rings is 1. The molecule has 0 N–H and O–H groups in total. The maximum Gasteiger partial charge on any atom is 0.174 e. The van der Waals surface area contributed by atoms with Crippen molar-refractivity contribution in [3.8, 4) is 0 Å². The molecular weight excluding hydrogens is 277 g/mol. The van der Waals surface area contributed by atoms with Crippen LogP contribution in [0.3, 0.4) is 0 Å². The van der Waals surface area contributed by atoms with E-state index < -0.39 is 0 Å². The van der Waals surface area contributed by atoms with Crippen molar-refractivity contribution in [2.24, 2.45) is 0 Å². The van der Waals surface area contributed by atoms with Crippen LogP contribution in [0.15, 0.2) is 30.5 Å². The summed E-state index contributed by atoms with van der Waals surface area (Å²) in [6.45, 7) is 1.81. The van der Waals surface area contributed by atoms with Crippen LogP contribution >= 0.6 is 34.5 Å². The minimum atomic E-state index is -0.320. The van der Waals surface area contributed by atoms with Gasteiger partial charge in [0.15, 0.2) is 5.78 Å². The molecule has 0 saturated carbocycles. The second-order valence-electron chi connectivity index (χ2n) is 3.58. The molecule has 0 fully saturated rings. The summed E-state index contributed by atoms with van der Waals surface area (Å²) in [6.07, 6.45) is 1.67. The Kier molecular flexibility index (Phi) is 3.82. The van der Waals surface area contributed by atoms with Gasteiger partial charge in [0.25, 0.3) is 0 Å². The highest BCUT2D eigenvalue weighted by Gasteiger charge is 2.22. The lowest BCUT2D eigenvalue weighted by Gasteiger charge is -2.08. The van der Waals surface area contributed by atoms with Crippen LogP contribution in [-0.4, -0.2) is 10.8 Å². The fraction of sp³-hybridized carbons (Fsp3) is 0.167. The van der Waals surface area contributed by atoms with E-state index in [4.69, 9.17) is 23.2 Å². The zero-order chi connectivity index (χ0) is 12.4. The van der Waals surface area contributed by atoms with Gasteiger partial charge in [-0.2, -0.15) is 0 Å². The molecule has 0 radical (unpaired) electrons. The van der Waals surface area contributed by atoms with Crippen LogP contribution in [0.1, 0.15) is 28.9 Å². The Morgan fingerprint density at radius 1 is 1.41 bits per heavy atom. The molecule has 1 atom stereocenters. The van der Waals surface area contributed by atoms with E-state index in [0.29, 0.717) is 14.2 Å². The molecule has 2 heterocycles. The van der Waals surface area contributed by atoms with Crippen molar-refractivity contribution < 1.29 is 4.79 Å². The predicted octanol–water partition coefficient (Wildman–Crippen LogP) is 4.44. The van der Waals surface area contributed by atoms with E-state index in [9.17, 15) is 4.79 Å². The molecule has 2 rings (SSSR count). The maximum atomic E-state index is 12.2. The molecule has 88 valence electrons. The summed E-state index contributed by atoms with van der Waals surface area (Å²) in [4.78, 5) is 16.4. The van der Waals surface area contributed by atoms with E-state index >= 15 is 0 Å². The molecule has 0 aromatic carbocycles. The van der Waals surface area contributed by atoms with Crippen molar-refractivity contribution in [1.82, 2.24) is 4.98 Å². The lowest BCUT2D eigenvalue weighted by atomic mass is 9.98. The number of halogens is 2. The number of pyridine rings is 1. The number of carbonyl (C=O) groups is 1. The van der Waals surface area contributed by atoms with Gasteiger partial charge in [-0.1, -0.05) is 29.3 Å². The molecule has 17 heavy (non-hydrogen) atoms. The van der Waals surface area contributed by atoms with E-state index in [1.54, 1.807) is 12.3 Å². The molecule has 0 spiro atoms. The lowest BCUT2D eigenvalue weighted by molar-refractivity contribution is 0.0965. The summed E-state index contributed by atoms with van der Waals surface area (Å²) < 4.78 is 0.953. The van der Waals surface area contributed by atoms with Gasteiger partial charge in [-0.15, -0.1) is 11.3 Å². The molecular formula is C12H9Cl2NOS. The van der Waals surface area contributed by atoms with Crippen LogP contribution in [0, 0.1) is 0 Å². The maximum absolute atomic E-state index is 12.2. The van der Waals surface area contributed by atoms with Gasteiger partial charge in [0.1, 0.15) is 4.34 Å². The second-order valence-corrected chi connectivity index (χ2v) is 5.86. The van der Waals surface area contributed by atoms with Crippen LogP contribution in [-0.2, 0) is 0 Å². The van der Waals surface area contributed by atoms with Crippen LogP contribution in [0.4, 0.5) is 0 Å². The Morgan fingerprint density at radius 2 is 2.18 bits per heavy atom. The van der Waals surface area contributed by atoms with Crippen molar-refractivity contribution in [1.29, 1.82) is 0 Å². The van der Waals surface area contributed by atoms with Crippen LogP contribution in [0.5, 0.6) is 0 Å². The Balaban J connectivity index is 2.30. The normalized spacial score (nSPS) is 12.4. The van der Waals surface area contributed by atoms with E-state index in [2.05, 4.69) is 4.98 Å². The predicted molar refractivity (Wildman–Crippen MR) is 71.3 cm³/mol. The van der Waals surface area contributed by atoms with Gasteiger partial charge in [-0.3, -0.25) is 9.78 Å². The zero-order valence-electron chi connectivity index (χ0n) is 8.98. The monoisotopic (exact) mass is 285 g/mol. The highest BCUT2D eigenvalue weighted by molar-refractivity contribution is 7.20. The van der Waals surface area contributed by atoms with Crippen LogP contribution in [0.25, 0.3) is 0 Å². The van der Waals surface area contributed by atoms with Gasteiger partial charge >= 0.3 is 0 Å². The van der Waals surface area contributed by atoms with Crippen molar-refractivity contribution >= 4 is 40.3 Å². The number of Topliss-reactive ketones (excluding diaryl/α,β-unsaturated/α-hetero) is 1. The molecule has 0 aliphatic rings. The fourth-order valence-corrected chi connectivity index (χ4v) is 2.98. The Hall–Kier alpha value is -0.900. The number of hydrogen-bond acceptors (Lipinski definition) is 3. The van der Waals surface area contributed by atoms with Gasteiger partial charge in [0.2, 0.25) is 0 Å². The van der Waals surface area contributed by atoms with E-state index in [1.165, 1.54) is 11.3 Å². The third kappa shape index (κ3) is 2.68. The third-order valence-electron chi connectivity index (χ3n) is 2.45. The molecule has 2 nitrogen and oxygen atoms in total. The number of ketones is 1. The van der Waals surface area contributed by atoms with E-state index in [-0.39, 0.29) is 11.7 Å². The first-order chi connectivity index (χ1) is 8.09. The van der Waals surface area contributed by atoms with Gasteiger partial charge in [0.05, 0.1) is 15.9 Å². The first-order valence-corrected chi connectivity index (χ1v) is 6.57. The topological polar surface area (TPSA) is 30.0 Å². The van der Waals surface area contributed by atoms with Gasteiger partial charge in [-0.25, -0.2) is 0 Å². The zero-order valence-corrected chi connectivity index (χ0v) is 11.3. The smallest absolute Gasteiger partial charge is 0.174 e. The Labute approximate surface area is 113 Å². The minimum Gasteiger partial charge on any atom is -0.293 e. The van der Waals surface area contributed by atoms with Crippen molar-refractivity contribution in [3.05, 3.63) is 50.4 Å². The lowest BCUT2D eigenvalue weighted by Crippen LogP contribution is -2.10. The van der Waals surface area contributed by atoms with Gasteiger partial charge < -0.3 is 0 Å². The van der Waals surface area contributed by atoms with E-state index in [0.717, 1.165) is 5.69 Å². The molecule has 0 bridgehead atoms. The average molecular weight is 286 g/mol. The first kappa shape index (κ1) is 12.6. The Bertz CT molecular complexity index is 539. The molecule has 0 saturated heterocycles. The van der Waals surface area contributed by atoms with E-state index in [1.807, 2.05) is 25.1 Å². The third-order valence-corrected chi connectivity index (χ3v) is 3.93. The summed E-state index contributed by atoms with van der Waals surface area (Å²) in [6, 6.07) is 7.10. The Morgan fingerprint density at radius 3 is 2.71 bits per heavy atom. The molecule has 2 aromatic rings. The SMILES string of the molecule is CC(C(=O)c1cc(Cl)sc1Cl)c1ccccn1. The quantitative estimate of drug-likeness (QED) is 0.781. The van der Waals surface area contributed by atoms with Gasteiger partial charge in [-0.05, 0) is 25.1 Å². The summed E-state index contributed by atoms with van der Waals surface area (Å²) in [5.74, 6) is -0.379. The van der Waals surface area contributed by atoms with Gasteiger partial charge in [0, 0.05) is 11.8 Å². The van der Waals surface area contributed by atoms with Crippen LogP contribution in [0.2, 0.25) is 8.67 Å². The standard InChI is InChI=1S/C12H9Cl2NOS/c1-7(9-4-2-3-5-15-9)11(16)8-6-10(13)17-12(8)14/h2-7H,1H3. The molecule has 5 heteroatoms. The number of nitrogens with zero attached hydrogens (tertiary/aromatic N) is 1. The summed E-state index contributed by atoms with van der Waals surface area (Å²) in [7, 11) is 0. The first-order valence-electron chi connectivity index (χ1n) is 4.99. The molecule has 2 aromatic heterocycles. The molecule has 0 amide bonds. The summed E-state index contributed by atoms with van der Waals surface area (Å²) >= 11 is 13.0. The summed E-state index contributed by atoms with van der Waals surface area (Å²) in [5.41, 5.74) is 1.20. The minimum absolute atomic E-state index is 0.0585. The largest absolute Gasteiger partial charge is 0.293 e. The number of carbonyl (C=O) groups excluding carboxylic acids is 1.